The molecule has 0 rings (SSSR count). The fourth-order valence-corrected chi connectivity index (χ4v) is 0.211. The van der Waals surface area contributed by atoms with Crippen molar-refractivity contribution in [2.24, 2.45) is 5.73 Å². The van der Waals surface area contributed by atoms with Crippen LogP contribution in [0.2, 0.25) is 0 Å². The van der Waals surface area contributed by atoms with Crippen LogP contribution in [-0.2, 0) is 9.59 Å². The molecule has 4 nitrogen and oxygen atoms in total. The molecule has 3 N–H and O–H groups in total. The van der Waals surface area contributed by atoms with Crippen LogP contribution in [0.5, 0.6) is 0 Å². The molecule has 0 aromatic heterocycles. The molecule has 9 heavy (non-hydrogen) atoms. The predicted octanol–water partition coefficient (Wildman–Crippen LogP) is -0.753. The third-order valence-corrected chi connectivity index (χ3v) is 0.554. The molecule has 0 radical (unpaired) electrons. The molecule has 0 unspecified atom stereocenters. The number of allylic oxidation sites excluding steroid dienone is 1. The molecule has 0 saturated carbocycles. The third-order valence-electron chi connectivity index (χ3n) is 0.554. The van der Waals surface area contributed by atoms with E-state index in [1.54, 1.807) is 0 Å². The molecule has 0 bridgehead atoms. The molecule has 4 heteroatoms. The van der Waals surface area contributed by atoms with E-state index in [0.29, 0.717) is 6.29 Å². The molecule has 1 amide bonds. The predicted molar refractivity (Wildman–Crippen MR) is 32.1 cm³/mol. The highest BCUT2D eigenvalue weighted by Gasteiger charge is 1.85. The number of rotatable bonds is 3. The monoisotopic (exact) mass is 126 g/mol. The van der Waals surface area contributed by atoms with Gasteiger partial charge >= 0.3 is 0 Å². The van der Waals surface area contributed by atoms with Crippen molar-refractivity contribution >= 4 is 17.9 Å². The molecule has 0 aliphatic carbocycles. The molecule has 0 spiro atoms. The Morgan fingerprint density at radius 3 is 2.33 bits per heavy atom. The summed E-state index contributed by atoms with van der Waals surface area (Å²) in [5, 5.41) is 6.67. The quantitative estimate of drug-likeness (QED) is 0.296. The van der Waals surface area contributed by atoms with Crippen molar-refractivity contribution in [3.05, 3.63) is 12.2 Å². The molecular weight excluding hydrogens is 120 g/mol. The highest BCUT2D eigenvalue weighted by atomic mass is 16.1. The van der Waals surface area contributed by atoms with E-state index in [4.69, 9.17) is 5.41 Å². The highest BCUT2D eigenvalue weighted by molar-refractivity contribution is 6.32. The second kappa shape index (κ2) is 3.54. The van der Waals surface area contributed by atoms with E-state index in [1.165, 1.54) is 0 Å². The summed E-state index contributed by atoms with van der Waals surface area (Å²) in [6, 6.07) is 0. The highest BCUT2D eigenvalue weighted by Crippen LogP contribution is 1.71. The summed E-state index contributed by atoms with van der Waals surface area (Å²) in [5.74, 6) is -0.665. The van der Waals surface area contributed by atoms with Gasteiger partial charge in [0.05, 0.1) is 5.71 Å². The van der Waals surface area contributed by atoms with Crippen molar-refractivity contribution in [3.63, 3.8) is 0 Å². The molecule has 0 heterocycles. The largest absolute Gasteiger partial charge is 0.366 e. The van der Waals surface area contributed by atoms with E-state index < -0.39 is 5.91 Å². The van der Waals surface area contributed by atoms with E-state index in [1.807, 2.05) is 0 Å². The molecule has 0 aromatic carbocycles. The first-order valence-electron chi connectivity index (χ1n) is 2.18. The van der Waals surface area contributed by atoms with Crippen LogP contribution in [0, 0.1) is 5.41 Å². The van der Waals surface area contributed by atoms with Gasteiger partial charge in [0.25, 0.3) is 0 Å². The summed E-state index contributed by atoms with van der Waals surface area (Å²) in [6.45, 7) is 0. The Kier molecular flexibility index (Phi) is 2.97. The van der Waals surface area contributed by atoms with Crippen LogP contribution < -0.4 is 5.73 Å². The minimum Gasteiger partial charge on any atom is -0.366 e. The summed E-state index contributed by atoms with van der Waals surface area (Å²) >= 11 is 0. The van der Waals surface area contributed by atoms with Crippen LogP contribution in [0.3, 0.4) is 0 Å². The summed E-state index contributed by atoms with van der Waals surface area (Å²) in [6.07, 6.45) is 2.31. The zero-order valence-corrected chi connectivity index (χ0v) is 4.63. The number of hydrogen-bond donors (Lipinski definition) is 2. The Balaban J connectivity index is 3.85. The van der Waals surface area contributed by atoms with Gasteiger partial charge in [0.1, 0.15) is 0 Å². The first-order valence-corrected chi connectivity index (χ1v) is 2.18. The van der Waals surface area contributed by atoms with Crippen LogP contribution in [0.1, 0.15) is 0 Å². The van der Waals surface area contributed by atoms with Gasteiger partial charge in [-0.05, 0) is 6.08 Å². The molecule has 0 aliphatic rings. The molecule has 0 atom stereocenters. The normalized spacial score (nSPS) is 9.33. The zero-order chi connectivity index (χ0) is 7.28. The maximum atomic E-state index is 9.94. The van der Waals surface area contributed by atoms with E-state index in [2.05, 4.69) is 5.73 Å². The van der Waals surface area contributed by atoms with E-state index in [9.17, 15) is 9.59 Å². The third kappa shape index (κ3) is 4.40. The Morgan fingerprint density at radius 2 is 2.00 bits per heavy atom. The van der Waals surface area contributed by atoms with E-state index in [0.717, 1.165) is 12.2 Å². The number of primary amides is 1. The minimum atomic E-state index is -0.665. The maximum Gasteiger partial charge on any atom is 0.241 e. The lowest BCUT2D eigenvalue weighted by Crippen LogP contribution is -2.06. The lowest BCUT2D eigenvalue weighted by Gasteiger charge is -1.78. The number of carbonyl (C=O) groups is 2. The van der Waals surface area contributed by atoms with Gasteiger partial charge < -0.3 is 5.73 Å². The lowest BCUT2D eigenvalue weighted by atomic mass is 10.3. The number of hydrogen-bond acceptors (Lipinski definition) is 3. The maximum absolute atomic E-state index is 9.94. The average Bonchev–Trinajstić information content (AvgIpc) is 1.83. The summed E-state index contributed by atoms with van der Waals surface area (Å²) < 4.78 is 0. The molecular formula is C5H6N2O2. The molecule has 0 saturated heterocycles. The number of aldehydes is 1. The fraction of sp³-hybridized carbons (Fsp3) is 0. The standard InChI is InChI=1S/C5H6N2O2/c6-4(3-8)1-2-5(7)9/h1-3,6H,(H2,7,9)/b2-1-,6-4?. The Morgan fingerprint density at radius 1 is 1.44 bits per heavy atom. The van der Waals surface area contributed by atoms with Crippen molar-refractivity contribution in [3.8, 4) is 0 Å². The topological polar surface area (TPSA) is 84.0 Å². The Hall–Kier alpha value is -1.45. The minimum absolute atomic E-state index is 0.270. The zero-order valence-electron chi connectivity index (χ0n) is 4.63. The van der Waals surface area contributed by atoms with Crippen molar-refractivity contribution in [2.45, 2.75) is 0 Å². The number of nitrogens with one attached hydrogen (secondary N) is 1. The number of amides is 1. The molecule has 0 fully saturated rings. The number of nitrogens with two attached hydrogens (primary N) is 1. The SMILES string of the molecule is N=C(C=O)/C=C\C(N)=O. The van der Waals surface area contributed by atoms with Gasteiger partial charge in [0.2, 0.25) is 5.91 Å². The van der Waals surface area contributed by atoms with Crippen LogP contribution >= 0.6 is 0 Å². The van der Waals surface area contributed by atoms with Gasteiger partial charge in [0, 0.05) is 6.08 Å². The smallest absolute Gasteiger partial charge is 0.241 e. The Bertz CT molecular complexity index is 172. The first-order chi connectivity index (χ1) is 4.16. The van der Waals surface area contributed by atoms with Crippen LogP contribution in [0.4, 0.5) is 0 Å². The fourth-order valence-electron chi connectivity index (χ4n) is 0.211. The summed E-state index contributed by atoms with van der Waals surface area (Å²) in [7, 11) is 0. The molecule has 0 aliphatic heterocycles. The summed E-state index contributed by atoms with van der Waals surface area (Å²) in [5.41, 5.74) is 4.39. The number of carbonyl (C=O) groups excluding carboxylic acids is 2. The second-order valence-electron chi connectivity index (χ2n) is 1.31. The van der Waals surface area contributed by atoms with Crippen molar-refractivity contribution in [1.29, 1.82) is 5.41 Å². The van der Waals surface area contributed by atoms with E-state index >= 15 is 0 Å². The van der Waals surface area contributed by atoms with Crippen LogP contribution in [-0.4, -0.2) is 17.9 Å². The van der Waals surface area contributed by atoms with Crippen LogP contribution in [0.25, 0.3) is 0 Å². The van der Waals surface area contributed by atoms with Gasteiger partial charge in [-0.15, -0.1) is 0 Å². The molecule has 48 valence electrons. The Labute approximate surface area is 51.9 Å². The van der Waals surface area contributed by atoms with Gasteiger partial charge in [-0.25, -0.2) is 0 Å². The summed E-state index contributed by atoms with van der Waals surface area (Å²) in [4.78, 5) is 19.6. The van der Waals surface area contributed by atoms with Crippen molar-refractivity contribution in [2.75, 3.05) is 0 Å². The first kappa shape index (κ1) is 7.55. The van der Waals surface area contributed by atoms with Crippen molar-refractivity contribution < 1.29 is 9.59 Å². The van der Waals surface area contributed by atoms with E-state index in [-0.39, 0.29) is 5.71 Å². The van der Waals surface area contributed by atoms with Gasteiger partial charge in [-0.3, -0.25) is 15.0 Å². The van der Waals surface area contributed by atoms with Gasteiger partial charge in [-0.2, -0.15) is 0 Å². The van der Waals surface area contributed by atoms with Gasteiger partial charge in [0.15, 0.2) is 6.29 Å². The lowest BCUT2D eigenvalue weighted by molar-refractivity contribution is -0.113. The second-order valence-corrected chi connectivity index (χ2v) is 1.31. The van der Waals surface area contributed by atoms with Crippen molar-refractivity contribution in [1.82, 2.24) is 0 Å². The average molecular weight is 126 g/mol. The van der Waals surface area contributed by atoms with Gasteiger partial charge in [-0.1, -0.05) is 0 Å². The molecule has 0 aromatic rings. The van der Waals surface area contributed by atoms with Crippen LogP contribution in [0.15, 0.2) is 12.2 Å².